The third-order valence-electron chi connectivity index (χ3n) is 3.04. The number of aliphatic hydroxyl groups is 1. The molecule has 0 aromatic carbocycles. The summed E-state index contributed by atoms with van der Waals surface area (Å²) in [5.74, 6) is -0.277. The second-order valence-corrected chi connectivity index (χ2v) is 5.64. The average Bonchev–Trinajstić information content (AvgIpc) is 2.85. The first-order valence-corrected chi connectivity index (χ1v) is 6.49. The van der Waals surface area contributed by atoms with Crippen LogP contribution in [0.15, 0.2) is 11.4 Å². The van der Waals surface area contributed by atoms with E-state index in [0.717, 1.165) is 18.5 Å². The summed E-state index contributed by atoms with van der Waals surface area (Å²) in [6, 6.07) is 1.95. The zero-order valence-corrected chi connectivity index (χ0v) is 10.9. The van der Waals surface area contributed by atoms with Crippen LogP contribution in [0, 0.1) is 0 Å². The van der Waals surface area contributed by atoms with E-state index in [1.807, 2.05) is 18.4 Å². The first kappa shape index (κ1) is 12.5. The molecule has 94 valence electrons. The molecule has 1 aliphatic heterocycles. The van der Waals surface area contributed by atoms with Crippen molar-refractivity contribution in [3.05, 3.63) is 21.9 Å². The molecule has 0 amide bonds. The van der Waals surface area contributed by atoms with Crippen LogP contribution in [0.25, 0.3) is 0 Å². The molecule has 2 rings (SSSR count). The summed E-state index contributed by atoms with van der Waals surface area (Å²) in [6.07, 6.45) is 0.782. The molecule has 0 aliphatic carbocycles. The molecule has 0 radical (unpaired) electrons. The first-order valence-electron chi connectivity index (χ1n) is 5.61. The molecule has 1 atom stereocenters. The Morgan fingerprint density at radius 1 is 1.71 bits per heavy atom. The predicted molar refractivity (Wildman–Crippen MR) is 66.2 cm³/mol. The number of ether oxygens (including phenoxy) is 1. The Kier molecular flexibility index (Phi) is 3.51. The number of hydrogen-bond donors (Lipinski definition) is 1. The van der Waals surface area contributed by atoms with E-state index >= 15 is 0 Å². The van der Waals surface area contributed by atoms with Gasteiger partial charge in [0.25, 0.3) is 0 Å². The second-order valence-electron chi connectivity index (χ2n) is 4.72. The van der Waals surface area contributed by atoms with Crippen molar-refractivity contribution in [3.63, 3.8) is 0 Å². The number of β-amino-alcohol motifs (C(OH)–C–C–N with tert-alkyl or cyclic N) is 1. The fraction of sp³-hybridized carbons (Fsp3) is 0.583. The third kappa shape index (κ3) is 2.86. The fourth-order valence-corrected chi connectivity index (χ4v) is 2.98. The normalized spacial score (nSPS) is 25.1. The Morgan fingerprint density at radius 3 is 3.06 bits per heavy atom. The van der Waals surface area contributed by atoms with Gasteiger partial charge in [-0.1, -0.05) is 0 Å². The van der Waals surface area contributed by atoms with Crippen molar-refractivity contribution in [1.29, 1.82) is 0 Å². The highest BCUT2D eigenvalue weighted by Crippen LogP contribution is 2.25. The number of methoxy groups -OCH3 is 1. The van der Waals surface area contributed by atoms with Crippen molar-refractivity contribution >= 4 is 17.3 Å². The van der Waals surface area contributed by atoms with Crippen LogP contribution < -0.4 is 0 Å². The van der Waals surface area contributed by atoms with Gasteiger partial charge in [-0.25, -0.2) is 4.79 Å². The summed E-state index contributed by atoms with van der Waals surface area (Å²) in [6.45, 7) is 4.07. The van der Waals surface area contributed by atoms with E-state index in [-0.39, 0.29) is 5.97 Å². The Morgan fingerprint density at radius 2 is 2.47 bits per heavy atom. The van der Waals surface area contributed by atoms with Gasteiger partial charge in [0.2, 0.25) is 0 Å². The highest BCUT2D eigenvalue weighted by Gasteiger charge is 2.31. The number of likely N-dealkylation sites (tertiary alicyclic amines) is 1. The summed E-state index contributed by atoms with van der Waals surface area (Å²) < 4.78 is 4.74. The van der Waals surface area contributed by atoms with Crippen LogP contribution in [0.5, 0.6) is 0 Å². The number of rotatable bonds is 3. The van der Waals surface area contributed by atoms with E-state index in [0.29, 0.717) is 18.0 Å². The molecule has 0 bridgehead atoms. The van der Waals surface area contributed by atoms with E-state index < -0.39 is 5.60 Å². The maximum Gasteiger partial charge on any atom is 0.348 e. The monoisotopic (exact) mass is 255 g/mol. The van der Waals surface area contributed by atoms with E-state index in [1.165, 1.54) is 18.4 Å². The molecule has 1 fully saturated rings. The molecule has 0 spiro atoms. The van der Waals surface area contributed by atoms with E-state index in [2.05, 4.69) is 4.90 Å². The maximum absolute atomic E-state index is 11.5. The standard InChI is InChI=1S/C12H17NO3S/c1-12(15)4-5-13(8-12)7-9-3-6-17-10(9)11(14)16-2/h3,6,15H,4-5,7-8H2,1-2H3/t12-/m1/s1. The maximum atomic E-state index is 11.5. The zero-order chi connectivity index (χ0) is 12.5. The minimum atomic E-state index is -0.596. The van der Waals surface area contributed by atoms with Crippen LogP contribution in [0.4, 0.5) is 0 Å². The molecular formula is C12H17NO3S. The highest BCUT2D eigenvalue weighted by molar-refractivity contribution is 7.12. The van der Waals surface area contributed by atoms with Crippen LogP contribution in [0.1, 0.15) is 28.6 Å². The molecule has 0 unspecified atom stereocenters. The van der Waals surface area contributed by atoms with Gasteiger partial charge in [0, 0.05) is 19.6 Å². The summed E-state index contributed by atoms with van der Waals surface area (Å²) in [5, 5.41) is 11.8. The second kappa shape index (κ2) is 4.76. The smallest absolute Gasteiger partial charge is 0.348 e. The number of thiophene rings is 1. The Labute approximate surface area is 105 Å². The molecule has 1 saturated heterocycles. The fourth-order valence-electron chi connectivity index (χ4n) is 2.15. The SMILES string of the molecule is COC(=O)c1sccc1CN1CC[C@@](C)(O)C1. The molecule has 0 saturated carbocycles. The van der Waals surface area contributed by atoms with Gasteiger partial charge in [-0.3, -0.25) is 4.90 Å². The third-order valence-corrected chi connectivity index (χ3v) is 3.98. The molecule has 17 heavy (non-hydrogen) atoms. The lowest BCUT2D eigenvalue weighted by atomic mass is 10.1. The van der Waals surface area contributed by atoms with Gasteiger partial charge in [0.05, 0.1) is 12.7 Å². The van der Waals surface area contributed by atoms with Crippen molar-refractivity contribution < 1.29 is 14.6 Å². The molecule has 2 heterocycles. The predicted octanol–water partition coefficient (Wildman–Crippen LogP) is 1.49. The van der Waals surface area contributed by atoms with Crippen LogP contribution >= 0.6 is 11.3 Å². The topological polar surface area (TPSA) is 49.8 Å². The summed E-state index contributed by atoms with van der Waals surface area (Å²) >= 11 is 1.40. The summed E-state index contributed by atoms with van der Waals surface area (Å²) in [7, 11) is 1.40. The highest BCUT2D eigenvalue weighted by atomic mass is 32.1. The Hall–Kier alpha value is -0.910. The molecule has 5 heteroatoms. The Bertz CT molecular complexity index is 414. The molecular weight excluding hydrogens is 238 g/mol. The van der Waals surface area contributed by atoms with Crippen molar-refractivity contribution in [2.24, 2.45) is 0 Å². The number of carbonyl (C=O) groups is 1. The van der Waals surface area contributed by atoms with Crippen molar-refractivity contribution in [1.82, 2.24) is 4.90 Å². The van der Waals surface area contributed by atoms with Crippen molar-refractivity contribution in [2.45, 2.75) is 25.5 Å². The first-order chi connectivity index (χ1) is 8.02. The quantitative estimate of drug-likeness (QED) is 0.831. The van der Waals surface area contributed by atoms with Gasteiger partial charge in [-0.2, -0.15) is 0 Å². The van der Waals surface area contributed by atoms with Gasteiger partial charge < -0.3 is 9.84 Å². The number of nitrogens with zero attached hydrogens (tertiary/aromatic N) is 1. The van der Waals surface area contributed by atoms with Gasteiger partial charge in [-0.15, -0.1) is 11.3 Å². The average molecular weight is 255 g/mol. The minimum absolute atomic E-state index is 0.277. The number of hydrogen-bond acceptors (Lipinski definition) is 5. The molecule has 1 N–H and O–H groups in total. The summed E-state index contributed by atoms with van der Waals surface area (Å²) in [5.41, 5.74) is 0.390. The van der Waals surface area contributed by atoms with E-state index in [9.17, 15) is 9.90 Å². The van der Waals surface area contributed by atoms with Crippen LogP contribution in [-0.2, 0) is 11.3 Å². The van der Waals surface area contributed by atoms with Gasteiger partial charge in [0.1, 0.15) is 4.88 Å². The van der Waals surface area contributed by atoms with Crippen molar-refractivity contribution in [3.8, 4) is 0 Å². The Balaban J connectivity index is 2.05. The number of esters is 1. The largest absolute Gasteiger partial charge is 0.465 e. The molecule has 1 aromatic rings. The van der Waals surface area contributed by atoms with E-state index in [1.54, 1.807) is 0 Å². The molecule has 1 aromatic heterocycles. The van der Waals surface area contributed by atoms with Gasteiger partial charge >= 0.3 is 5.97 Å². The molecule has 4 nitrogen and oxygen atoms in total. The lowest BCUT2D eigenvalue weighted by Crippen LogP contribution is -2.29. The minimum Gasteiger partial charge on any atom is -0.465 e. The van der Waals surface area contributed by atoms with Crippen LogP contribution in [-0.4, -0.2) is 41.8 Å². The lowest BCUT2D eigenvalue weighted by molar-refractivity contribution is 0.0603. The zero-order valence-electron chi connectivity index (χ0n) is 10.1. The van der Waals surface area contributed by atoms with Gasteiger partial charge in [-0.05, 0) is 30.4 Å². The van der Waals surface area contributed by atoms with E-state index in [4.69, 9.17) is 4.74 Å². The number of carbonyl (C=O) groups excluding carboxylic acids is 1. The molecule has 1 aliphatic rings. The summed E-state index contributed by atoms with van der Waals surface area (Å²) in [4.78, 5) is 14.3. The van der Waals surface area contributed by atoms with Crippen molar-refractivity contribution in [2.75, 3.05) is 20.2 Å². The van der Waals surface area contributed by atoms with Gasteiger partial charge in [0.15, 0.2) is 0 Å². The van der Waals surface area contributed by atoms with Crippen LogP contribution in [0.2, 0.25) is 0 Å². The lowest BCUT2D eigenvalue weighted by Gasteiger charge is -2.18. The van der Waals surface area contributed by atoms with Crippen LogP contribution in [0.3, 0.4) is 0 Å².